The van der Waals surface area contributed by atoms with Gasteiger partial charge in [0.1, 0.15) is 6.04 Å². The van der Waals surface area contributed by atoms with E-state index in [2.05, 4.69) is 19.2 Å². The van der Waals surface area contributed by atoms with Crippen molar-refractivity contribution in [3.8, 4) is 0 Å². The van der Waals surface area contributed by atoms with Gasteiger partial charge in [0.25, 0.3) is 0 Å². The first-order valence-electron chi connectivity index (χ1n) is 7.38. The summed E-state index contributed by atoms with van der Waals surface area (Å²) < 4.78 is 0. The molecule has 0 bridgehead atoms. The van der Waals surface area contributed by atoms with E-state index in [1.54, 1.807) is 9.80 Å². The van der Waals surface area contributed by atoms with Crippen LogP contribution in [0.15, 0.2) is 0 Å². The van der Waals surface area contributed by atoms with Crippen LogP contribution in [0.5, 0.6) is 0 Å². The molecule has 2 fully saturated rings. The number of hydrogen-bond donors (Lipinski definition) is 1. The van der Waals surface area contributed by atoms with Gasteiger partial charge in [0, 0.05) is 13.1 Å². The Balaban J connectivity index is 1.74. The minimum absolute atomic E-state index is 0.122. The zero-order chi connectivity index (χ0) is 13.8. The maximum Gasteiger partial charge on any atom is 0.245 e. The molecule has 0 aliphatic carbocycles. The molecule has 1 unspecified atom stereocenters. The standard InChI is InChI=1S/C14H25N3O2/c1-11(2)9-15-6-4-7-16-10-13(18)17-8-3-5-12(17)14(16)19/h11-12,15H,3-10H2,1-2H3. The van der Waals surface area contributed by atoms with Gasteiger partial charge in [0.15, 0.2) is 0 Å². The number of nitrogens with zero attached hydrogens (tertiary/aromatic N) is 2. The molecule has 2 aliphatic rings. The highest BCUT2D eigenvalue weighted by Gasteiger charge is 2.41. The molecule has 0 aromatic heterocycles. The van der Waals surface area contributed by atoms with Crippen LogP contribution in [0.3, 0.4) is 0 Å². The van der Waals surface area contributed by atoms with E-state index in [-0.39, 0.29) is 24.4 Å². The number of piperazine rings is 1. The first-order chi connectivity index (χ1) is 9.09. The zero-order valence-corrected chi connectivity index (χ0v) is 12.0. The Labute approximate surface area is 115 Å². The molecule has 5 heteroatoms. The van der Waals surface area contributed by atoms with Crippen LogP contribution < -0.4 is 5.32 Å². The predicted molar refractivity (Wildman–Crippen MR) is 73.6 cm³/mol. The van der Waals surface area contributed by atoms with Gasteiger partial charge < -0.3 is 15.1 Å². The number of carbonyl (C=O) groups is 2. The van der Waals surface area contributed by atoms with Crippen molar-refractivity contribution in [3.63, 3.8) is 0 Å². The van der Waals surface area contributed by atoms with E-state index < -0.39 is 0 Å². The maximum absolute atomic E-state index is 12.2. The smallest absolute Gasteiger partial charge is 0.245 e. The van der Waals surface area contributed by atoms with E-state index in [4.69, 9.17) is 0 Å². The predicted octanol–water partition coefficient (Wildman–Crippen LogP) is 0.455. The van der Waals surface area contributed by atoms with Crippen LogP contribution in [0.1, 0.15) is 33.1 Å². The van der Waals surface area contributed by atoms with E-state index in [0.29, 0.717) is 12.5 Å². The van der Waals surface area contributed by atoms with Crippen LogP contribution in [0, 0.1) is 5.92 Å². The highest BCUT2D eigenvalue weighted by molar-refractivity contribution is 5.95. The molecule has 19 heavy (non-hydrogen) atoms. The summed E-state index contributed by atoms with van der Waals surface area (Å²) in [5.41, 5.74) is 0. The minimum Gasteiger partial charge on any atom is -0.332 e. The lowest BCUT2D eigenvalue weighted by atomic mass is 10.1. The Morgan fingerprint density at radius 2 is 2.16 bits per heavy atom. The molecule has 2 amide bonds. The molecular weight excluding hydrogens is 242 g/mol. The van der Waals surface area contributed by atoms with Gasteiger partial charge >= 0.3 is 0 Å². The SMILES string of the molecule is CC(C)CNCCCN1CC(=O)N2CCCC2C1=O. The molecule has 0 aromatic rings. The van der Waals surface area contributed by atoms with E-state index >= 15 is 0 Å². The normalized spacial score (nSPS) is 23.4. The van der Waals surface area contributed by atoms with Crippen molar-refractivity contribution in [2.45, 2.75) is 39.2 Å². The molecule has 0 radical (unpaired) electrons. The lowest BCUT2D eigenvalue weighted by Crippen LogP contribution is -2.57. The fourth-order valence-electron chi connectivity index (χ4n) is 2.84. The van der Waals surface area contributed by atoms with Crippen molar-refractivity contribution in [1.82, 2.24) is 15.1 Å². The second kappa shape index (κ2) is 6.37. The number of fused-ring (bicyclic) bond motifs is 1. The average Bonchev–Trinajstić information content (AvgIpc) is 2.84. The van der Waals surface area contributed by atoms with Gasteiger partial charge in [-0.05, 0) is 38.3 Å². The molecule has 2 saturated heterocycles. The van der Waals surface area contributed by atoms with Crippen molar-refractivity contribution in [2.75, 3.05) is 32.7 Å². The summed E-state index contributed by atoms with van der Waals surface area (Å²) in [6, 6.07) is -0.162. The largest absolute Gasteiger partial charge is 0.332 e. The number of nitrogens with one attached hydrogen (secondary N) is 1. The van der Waals surface area contributed by atoms with Crippen molar-refractivity contribution >= 4 is 11.8 Å². The molecular formula is C14H25N3O2. The fraction of sp³-hybridized carbons (Fsp3) is 0.857. The second-order valence-electron chi connectivity index (χ2n) is 5.96. The molecule has 5 nitrogen and oxygen atoms in total. The Morgan fingerprint density at radius 1 is 1.37 bits per heavy atom. The van der Waals surface area contributed by atoms with Crippen LogP contribution in [0.2, 0.25) is 0 Å². The molecule has 1 atom stereocenters. The van der Waals surface area contributed by atoms with Crippen LogP contribution in [-0.2, 0) is 9.59 Å². The van der Waals surface area contributed by atoms with Crippen LogP contribution in [-0.4, -0.2) is 60.4 Å². The van der Waals surface area contributed by atoms with Crippen molar-refractivity contribution in [1.29, 1.82) is 0 Å². The first-order valence-corrected chi connectivity index (χ1v) is 7.38. The molecule has 2 aliphatic heterocycles. The Morgan fingerprint density at radius 3 is 2.89 bits per heavy atom. The maximum atomic E-state index is 12.2. The summed E-state index contributed by atoms with van der Waals surface area (Å²) in [5.74, 6) is 0.920. The topological polar surface area (TPSA) is 52.7 Å². The monoisotopic (exact) mass is 267 g/mol. The molecule has 0 aromatic carbocycles. The van der Waals surface area contributed by atoms with Crippen LogP contribution in [0.25, 0.3) is 0 Å². The third kappa shape index (κ3) is 3.47. The average molecular weight is 267 g/mol. The van der Waals surface area contributed by atoms with Crippen molar-refractivity contribution in [3.05, 3.63) is 0 Å². The summed E-state index contributed by atoms with van der Waals surface area (Å²) in [4.78, 5) is 27.7. The zero-order valence-electron chi connectivity index (χ0n) is 12.0. The van der Waals surface area contributed by atoms with E-state index in [1.165, 1.54) is 0 Å². The van der Waals surface area contributed by atoms with Gasteiger partial charge in [-0.2, -0.15) is 0 Å². The van der Waals surface area contributed by atoms with E-state index in [1.807, 2.05) is 0 Å². The third-order valence-electron chi connectivity index (χ3n) is 3.83. The van der Waals surface area contributed by atoms with Gasteiger partial charge in [-0.15, -0.1) is 0 Å². The molecule has 0 saturated carbocycles. The van der Waals surface area contributed by atoms with Crippen molar-refractivity contribution in [2.24, 2.45) is 5.92 Å². The Kier molecular flexibility index (Phi) is 4.80. The highest BCUT2D eigenvalue weighted by atomic mass is 16.2. The highest BCUT2D eigenvalue weighted by Crippen LogP contribution is 2.23. The summed E-state index contributed by atoms with van der Waals surface area (Å²) >= 11 is 0. The lowest BCUT2D eigenvalue weighted by molar-refractivity contribution is -0.153. The molecule has 1 N–H and O–H groups in total. The number of hydrogen-bond acceptors (Lipinski definition) is 3. The van der Waals surface area contributed by atoms with Gasteiger partial charge in [0.05, 0.1) is 6.54 Å². The summed E-state index contributed by atoms with van der Waals surface area (Å²) in [7, 11) is 0. The van der Waals surface area contributed by atoms with E-state index in [0.717, 1.165) is 38.9 Å². The lowest BCUT2D eigenvalue weighted by Gasteiger charge is -2.36. The molecule has 2 rings (SSSR count). The Bertz CT molecular complexity index is 344. The molecule has 108 valence electrons. The summed E-state index contributed by atoms with van der Waals surface area (Å²) in [6.07, 6.45) is 2.72. The van der Waals surface area contributed by atoms with Gasteiger partial charge in [0.2, 0.25) is 11.8 Å². The van der Waals surface area contributed by atoms with E-state index in [9.17, 15) is 9.59 Å². The third-order valence-corrected chi connectivity index (χ3v) is 3.83. The van der Waals surface area contributed by atoms with Gasteiger partial charge in [-0.1, -0.05) is 13.8 Å². The van der Waals surface area contributed by atoms with Crippen LogP contribution in [0.4, 0.5) is 0 Å². The molecule has 2 heterocycles. The first kappa shape index (κ1) is 14.3. The second-order valence-corrected chi connectivity index (χ2v) is 5.96. The number of rotatable bonds is 6. The van der Waals surface area contributed by atoms with Gasteiger partial charge in [-0.25, -0.2) is 0 Å². The van der Waals surface area contributed by atoms with Crippen LogP contribution >= 0.6 is 0 Å². The molecule has 0 spiro atoms. The number of amides is 2. The Hall–Kier alpha value is -1.10. The van der Waals surface area contributed by atoms with Gasteiger partial charge in [-0.3, -0.25) is 9.59 Å². The summed E-state index contributed by atoms with van der Waals surface area (Å²) in [6.45, 7) is 8.00. The minimum atomic E-state index is -0.162. The fourth-order valence-corrected chi connectivity index (χ4v) is 2.84. The summed E-state index contributed by atoms with van der Waals surface area (Å²) in [5, 5.41) is 3.36. The number of carbonyl (C=O) groups excluding carboxylic acids is 2. The van der Waals surface area contributed by atoms with Crippen molar-refractivity contribution < 1.29 is 9.59 Å². The quantitative estimate of drug-likeness (QED) is 0.711.